The van der Waals surface area contributed by atoms with E-state index in [1.807, 2.05) is 0 Å². The van der Waals surface area contributed by atoms with E-state index in [9.17, 15) is 0 Å². The SMILES string of the molecule is CC(CNC1CC1)C(C)CC1Cc2ccccc2S1. The van der Waals surface area contributed by atoms with E-state index in [1.165, 1.54) is 37.1 Å². The van der Waals surface area contributed by atoms with Crippen molar-refractivity contribution in [1.29, 1.82) is 0 Å². The Morgan fingerprint density at radius 2 is 2.00 bits per heavy atom. The fourth-order valence-corrected chi connectivity index (χ4v) is 4.36. The first-order chi connectivity index (χ1) is 9.22. The van der Waals surface area contributed by atoms with Crippen LogP contribution in [0.4, 0.5) is 0 Å². The molecule has 0 bridgehead atoms. The van der Waals surface area contributed by atoms with E-state index >= 15 is 0 Å². The summed E-state index contributed by atoms with van der Waals surface area (Å²) in [6, 6.07) is 9.76. The van der Waals surface area contributed by atoms with Gasteiger partial charge in [-0.2, -0.15) is 0 Å². The normalized spacial score (nSPS) is 25.1. The van der Waals surface area contributed by atoms with E-state index in [1.54, 1.807) is 5.56 Å². The van der Waals surface area contributed by atoms with Crippen molar-refractivity contribution in [3.63, 3.8) is 0 Å². The van der Waals surface area contributed by atoms with Crippen molar-refractivity contribution in [3.05, 3.63) is 29.8 Å². The molecule has 19 heavy (non-hydrogen) atoms. The molecule has 0 spiro atoms. The van der Waals surface area contributed by atoms with E-state index < -0.39 is 0 Å². The molecule has 1 saturated carbocycles. The van der Waals surface area contributed by atoms with Crippen molar-refractivity contribution in [3.8, 4) is 0 Å². The van der Waals surface area contributed by atoms with E-state index in [0.29, 0.717) is 0 Å². The molecule has 2 aliphatic rings. The van der Waals surface area contributed by atoms with Crippen molar-refractivity contribution in [2.75, 3.05) is 6.54 Å². The number of thioether (sulfide) groups is 1. The summed E-state index contributed by atoms with van der Waals surface area (Å²) in [4.78, 5) is 1.52. The van der Waals surface area contributed by atoms with Gasteiger partial charge in [0.15, 0.2) is 0 Å². The van der Waals surface area contributed by atoms with E-state index in [0.717, 1.165) is 23.1 Å². The summed E-state index contributed by atoms with van der Waals surface area (Å²) in [7, 11) is 0. The minimum absolute atomic E-state index is 0.796. The quantitative estimate of drug-likeness (QED) is 0.838. The Bertz CT molecular complexity index is 402. The van der Waals surface area contributed by atoms with Gasteiger partial charge in [0, 0.05) is 16.2 Å². The van der Waals surface area contributed by atoms with Crippen LogP contribution in [0.15, 0.2) is 29.2 Å². The van der Waals surface area contributed by atoms with Crippen molar-refractivity contribution in [2.24, 2.45) is 11.8 Å². The van der Waals surface area contributed by atoms with Crippen molar-refractivity contribution >= 4 is 11.8 Å². The predicted molar refractivity (Wildman–Crippen MR) is 83.8 cm³/mol. The molecular weight excluding hydrogens is 250 g/mol. The van der Waals surface area contributed by atoms with Crippen LogP contribution in [0.2, 0.25) is 0 Å². The molecular formula is C17H25NS. The van der Waals surface area contributed by atoms with Crippen LogP contribution in [0.25, 0.3) is 0 Å². The first-order valence-corrected chi connectivity index (χ1v) is 8.58. The number of benzene rings is 1. The molecule has 1 aromatic rings. The lowest BCUT2D eigenvalue weighted by Crippen LogP contribution is -2.28. The van der Waals surface area contributed by atoms with Crippen LogP contribution in [-0.4, -0.2) is 17.8 Å². The van der Waals surface area contributed by atoms with E-state index in [4.69, 9.17) is 0 Å². The van der Waals surface area contributed by atoms with E-state index in [2.05, 4.69) is 55.2 Å². The standard InChI is InChI=1S/C17H25NS/c1-12(13(2)11-18-15-7-8-15)9-16-10-14-5-3-4-6-17(14)19-16/h3-6,12-13,15-16,18H,7-11H2,1-2H3. The Kier molecular flexibility index (Phi) is 4.18. The Hall–Kier alpha value is -0.470. The summed E-state index contributed by atoms with van der Waals surface area (Å²) in [5.74, 6) is 1.61. The Balaban J connectivity index is 1.46. The number of fused-ring (bicyclic) bond motifs is 1. The van der Waals surface area contributed by atoms with Gasteiger partial charge in [-0.05, 0) is 55.7 Å². The van der Waals surface area contributed by atoms with Gasteiger partial charge in [-0.1, -0.05) is 32.0 Å². The third-order valence-corrected chi connectivity index (χ3v) is 5.97. The Labute approximate surface area is 121 Å². The molecule has 1 heterocycles. The fourth-order valence-electron chi connectivity index (χ4n) is 2.87. The second kappa shape index (κ2) is 5.88. The molecule has 2 heteroatoms. The molecule has 1 aliphatic heterocycles. The minimum Gasteiger partial charge on any atom is -0.314 e. The van der Waals surface area contributed by atoms with Gasteiger partial charge in [0.25, 0.3) is 0 Å². The largest absolute Gasteiger partial charge is 0.314 e. The van der Waals surface area contributed by atoms with Crippen LogP contribution >= 0.6 is 11.8 Å². The van der Waals surface area contributed by atoms with Crippen LogP contribution in [0.5, 0.6) is 0 Å². The maximum absolute atomic E-state index is 3.67. The average Bonchev–Trinajstić information content (AvgIpc) is 3.14. The summed E-state index contributed by atoms with van der Waals surface area (Å²) < 4.78 is 0. The average molecular weight is 275 g/mol. The molecule has 1 N–H and O–H groups in total. The van der Waals surface area contributed by atoms with Gasteiger partial charge in [-0.15, -0.1) is 11.8 Å². The lowest BCUT2D eigenvalue weighted by Gasteiger charge is -2.23. The summed E-state index contributed by atoms with van der Waals surface area (Å²) >= 11 is 2.10. The van der Waals surface area contributed by atoms with Crippen LogP contribution in [-0.2, 0) is 6.42 Å². The highest BCUT2D eigenvalue weighted by Gasteiger charge is 2.26. The molecule has 0 radical (unpaired) electrons. The van der Waals surface area contributed by atoms with Gasteiger partial charge in [-0.3, -0.25) is 0 Å². The minimum atomic E-state index is 0.796. The molecule has 0 amide bonds. The van der Waals surface area contributed by atoms with Crippen molar-refractivity contribution < 1.29 is 0 Å². The summed E-state index contributed by atoms with van der Waals surface area (Å²) in [5.41, 5.74) is 1.56. The first-order valence-electron chi connectivity index (χ1n) is 7.70. The third-order valence-electron chi connectivity index (χ3n) is 4.63. The molecule has 0 saturated heterocycles. The van der Waals surface area contributed by atoms with Gasteiger partial charge in [0.2, 0.25) is 0 Å². The van der Waals surface area contributed by atoms with Gasteiger partial charge in [-0.25, -0.2) is 0 Å². The van der Waals surface area contributed by atoms with E-state index in [-0.39, 0.29) is 0 Å². The zero-order valence-corrected chi connectivity index (χ0v) is 12.9. The molecule has 0 aromatic heterocycles. The monoisotopic (exact) mass is 275 g/mol. The fraction of sp³-hybridized carbons (Fsp3) is 0.647. The Morgan fingerprint density at radius 1 is 1.21 bits per heavy atom. The molecule has 3 rings (SSSR count). The molecule has 104 valence electrons. The summed E-state index contributed by atoms with van der Waals surface area (Å²) in [5, 5.41) is 4.47. The second-order valence-corrected chi connectivity index (χ2v) is 7.77. The van der Waals surface area contributed by atoms with Gasteiger partial charge in [0.1, 0.15) is 0 Å². The maximum atomic E-state index is 3.67. The number of nitrogens with one attached hydrogen (secondary N) is 1. The zero-order chi connectivity index (χ0) is 13.2. The lowest BCUT2D eigenvalue weighted by atomic mass is 9.90. The predicted octanol–water partition coefficient (Wildman–Crippen LogP) is 4.12. The highest BCUT2D eigenvalue weighted by molar-refractivity contribution is 8.00. The molecule has 3 atom stereocenters. The second-order valence-electron chi connectivity index (χ2n) is 6.42. The highest BCUT2D eigenvalue weighted by Crippen LogP contribution is 2.40. The van der Waals surface area contributed by atoms with Crippen LogP contribution < -0.4 is 5.32 Å². The highest BCUT2D eigenvalue weighted by atomic mass is 32.2. The topological polar surface area (TPSA) is 12.0 Å². The smallest absolute Gasteiger partial charge is 0.0138 e. The van der Waals surface area contributed by atoms with Crippen LogP contribution in [0.1, 0.15) is 38.7 Å². The molecule has 1 aliphatic carbocycles. The third kappa shape index (κ3) is 3.55. The number of hydrogen-bond acceptors (Lipinski definition) is 2. The number of rotatable bonds is 6. The number of hydrogen-bond donors (Lipinski definition) is 1. The molecule has 1 fully saturated rings. The molecule has 1 aromatic carbocycles. The van der Waals surface area contributed by atoms with Gasteiger partial charge in [0.05, 0.1) is 0 Å². The first kappa shape index (κ1) is 13.5. The molecule has 1 nitrogen and oxygen atoms in total. The van der Waals surface area contributed by atoms with Crippen LogP contribution in [0.3, 0.4) is 0 Å². The van der Waals surface area contributed by atoms with Crippen molar-refractivity contribution in [2.45, 2.75) is 55.7 Å². The summed E-state index contributed by atoms with van der Waals surface area (Å²) in [6.07, 6.45) is 5.42. The maximum Gasteiger partial charge on any atom is 0.0138 e. The molecule has 3 unspecified atom stereocenters. The van der Waals surface area contributed by atoms with Gasteiger partial charge >= 0.3 is 0 Å². The summed E-state index contributed by atoms with van der Waals surface area (Å²) in [6.45, 7) is 6.05. The van der Waals surface area contributed by atoms with Crippen LogP contribution in [0, 0.1) is 11.8 Å². The van der Waals surface area contributed by atoms with Gasteiger partial charge < -0.3 is 5.32 Å². The zero-order valence-electron chi connectivity index (χ0n) is 12.1. The van der Waals surface area contributed by atoms with Crippen molar-refractivity contribution in [1.82, 2.24) is 5.32 Å². The Morgan fingerprint density at radius 3 is 2.74 bits per heavy atom. The lowest BCUT2D eigenvalue weighted by molar-refractivity contribution is 0.344.